The van der Waals surface area contributed by atoms with E-state index in [1.807, 2.05) is 44.4 Å². The van der Waals surface area contributed by atoms with Gasteiger partial charge in [0.15, 0.2) is 5.11 Å². The molecule has 0 amide bonds. The van der Waals surface area contributed by atoms with Gasteiger partial charge in [0.1, 0.15) is 18.3 Å². The van der Waals surface area contributed by atoms with E-state index in [2.05, 4.69) is 15.4 Å². The fourth-order valence-electron chi connectivity index (χ4n) is 2.41. The average molecular weight is 384 g/mol. The summed E-state index contributed by atoms with van der Waals surface area (Å²) in [5.74, 6) is -0.278. The molecule has 0 aromatic heterocycles. The van der Waals surface area contributed by atoms with E-state index in [1.54, 1.807) is 0 Å². The Balaban J connectivity index is 1.99. The largest absolute Gasteiger partial charge is 0.573 e. The molecule has 2 aromatic carbocycles. The number of benzene rings is 2. The van der Waals surface area contributed by atoms with Crippen LogP contribution in [0.2, 0.25) is 0 Å². The molecule has 2 rings (SSSR count). The third-order valence-electron chi connectivity index (χ3n) is 3.47. The number of thiocarbonyl (C=S) groups is 1. The number of hydrogen-bond donors (Lipinski definition) is 3. The van der Waals surface area contributed by atoms with Crippen molar-refractivity contribution in [3.8, 4) is 5.75 Å². The number of anilines is 1. The molecule has 0 heterocycles. The highest BCUT2D eigenvalue weighted by Gasteiger charge is 2.30. The highest BCUT2D eigenvalue weighted by atomic mass is 32.1. The predicted octanol–water partition coefficient (Wildman–Crippen LogP) is 2.76. The molecule has 0 fully saturated rings. The molecule has 2 aromatic rings. The Morgan fingerprint density at radius 1 is 1.08 bits per heavy atom. The minimum absolute atomic E-state index is 0.00837. The maximum Gasteiger partial charge on any atom is 0.573 e. The first kappa shape index (κ1) is 20.0. The number of alkyl halides is 3. The number of rotatable bonds is 6. The SMILES string of the molecule is C[NH+](C)C[C@@H](NC(=S)Nc1ccc(OC(F)(F)F)cc1)c1ccccc1. The molecule has 26 heavy (non-hydrogen) atoms. The summed E-state index contributed by atoms with van der Waals surface area (Å²) in [5, 5.41) is 6.63. The maximum atomic E-state index is 12.2. The van der Waals surface area contributed by atoms with Crippen LogP contribution in [0.25, 0.3) is 0 Å². The Hall–Kier alpha value is -2.32. The second-order valence-electron chi connectivity index (χ2n) is 6.05. The number of hydrogen-bond acceptors (Lipinski definition) is 2. The fourth-order valence-corrected chi connectivity index (χ4v) is 2.67. The summed E-state index contributed by atoms with van der Waals surface area (Å²) in [7, 11) is 4.10. The molecular weight excluding hydrogens is 363 g/mol. The molecular formula is C18H21F3N3OS+. The molecule has 0 spiro atoms. The smallest absolute Gasteiger partial charge is 0.406 e. The molecule has 3 N–H and O–H groups in total. The van der Waals surface area contributed by atoms with Crippen LogP contribution in [0, 0.1) is 0 Å². The Labute approximate surface area is 156 Å². The van der Waals surface area contributed by atoms with Gasteiger partial charge in [-0.1, -0.05) is 30.3 Å². The van der Waals surface area contributed by atoms with Crippen LogP contribution in [0.1, 0.15) is 11.6 Å². The Morgan fingerprint density at radius 3 is 2.23 bits per heavy atom. The summed E-state index contributed by atoms with van der Waals surface area (Å²) < 4.78 is 40.4. The van der Waals surface area contributed by atoms with Gasteiger partial charge in [-0.2, -0.15) is 0 Å². The van der Waals surface area contributed by atoms with Crippen LogP contribution in [0.15, 0.2) is 54.6 Å². The van der Waals surface area contributed by atoms with Crippen LogP contribution < -0.4 is 20.3 Å². The third kappa shape index (κ3) is 6.89. The van der Waals surface area contributed by atoms with Gasteiger partial charge in [-0.15, -0.1) is 13.2 Å². The van der Waals surface area contributed by atoms with Gasteiger partial charge in [0.05, 0.1) is 14.1 Å². The first-order valence-electron chi connectivity index (χ1n) is 8.00. The molecule has 0 aliphatic heterocycles. The lowest BCUT2D eigenvalue weighted by Crippen LogP contribution is -3.06. The van der Waals surface area contributed by atoms with Crippen molar-refractivity contribution in [2.75, 3.05) is 26.0 Å². The molecule has 0 aliphatic rings. The second kappa shape index (κ2) is 8.86. The van der Waals surface area contributed by atoms with Crippen LogP contribution in [-0.2, 0) is 0 Å². The summed E-state index contributed by atoms with van der Waals surface area (Å²) in [6.45, 7) is 0.810. The Morgan fingerprint density at radius 2 is 1.69 bits per heavy atom. The van der Waals surface area contributed by atoms with Gasteiger partial charge in [0.2, 0.25) is 0 Å². The van der Waals surface area contributed by atoms with Crippen molar-refractivity contribution in [1.29, 1.82) is 0 Å². The van der Waals surface area contributed by atoms with E-state index in [0.717, 1.165) is 12.1 Å². The van der Waals surface area contributed by atoms with E-state index in [0.29, 0.717) is 10.8 Å². The van der Waals surface area contributed by atoms with E-state index < -0.39 is 6.36 Å². The number of nitrogens with one attached hydrogen (secondary N) is 3. The molecule has 1 atom stereocenters. The average Bonchev–Trinajstić information content (AvgIpc) is 2.55. The van der Waals surface area contributed by atoms with Gasteiger partial charge in [-0.3, -0.25) is 0 Å². The van der Waals surface area contributed by atoms with Crippen LogP contribution in [0.5, 0.6) is 5.75 Å². The Kier molecular flexibility index (Phi) is 6.82. The summed E-state index contributed by atoms with van der Waals surface area (Å²) in [6.07, 6.45) is -4.71. The van der Waals surface area contributed by atoms with E-state index in [9.17, 15) is 13.2 Å². The van der Waals surface area contributed by atoms with E-state index in [4.69, 9.17) is 12.2 Å². The Bertz CT molecular complexity index is 706. The summed E-state index contributed by atoms with van der Waals surface area (Å²) in [4.78, 5) is 1.25. The van der Waals surface area contributed by atoms with Crippen LogP contribution >= 0.6 is 12.2 Å². The van der Waals surface area contributed by atoms with Crippen molar-refractivity contribution >= 4 is 23.0 Å². The number of halogens is 3. The van der Waals surface area contributed by atoms with Gasteiger partial charge in [-0.25, -0.2) is 0 Å². The minimum Gasteiger partial charge on any atom is -0.406 e. The molecule has 0 saturated carbocycles. The zero-order chi connectivity index (χ0) is 19.2. The van der Waals surface area contributed by atoms with Crippen molar-refractivity contribution in [3.63, 3.8) is 0 Å². The normalized spacial score (nSPS) is 12.5. The van der Waals surface area contributed by atoms with Gasteiger partial charge < -0.3 is 20.3 Å². The van der Waals surface area contributed by atoms with Crippen molar-refractivity contribution in [3.05, 3.63) is 60.2 Å². The molecule has 0 aliphatic carbocycles. The molecule has 140 valence electrons. The maximum absolute atomic E-state index is 12.2. The van der Waals surface area contributed by atoms with E-state index >= 15 is 0 Å². The quantitative estimate of drug-likeness (QED) is 0.670. The molecule has 0 saturated heterocycles. The third-order valence-corrected chi connectivity index (χ3v) is 3.69. The number of quaternary nitrogens is 1. The second-order valence-corrected chi connectivity index (χ2v) is 6.45. The summed E-state index contributed by atoms with van der Waals surface area (Å²) in [6, 6.07) is 15.3. The topological polar surface area (TPSA) is 37.7 Å². The van der Waals surface area contributed by atoms with Crippen molar-refractivity contribution in [2.24, 2.45) is 0 Å². The standard InChI is InChI=1S/C18H20F3N3OS/c1-24(2)12-16(13-6-4-3-5-7-13)23-17(26)22-14-8-10-15(11-9-14)25-18(19,20)21/h3-11,16H,12H2,1-2H3,(H2,22,23,26)/p+1/t16-/m1/s1. The molecule has 0 radical (unpaired) electrons. The van der Waals surface area contributed by atoms with Crippen molar-refractivity contribution < 1.29 is 22.8 Å². The summed E-state index contributed by atoms with van der Waals surface area (Å²) in [5.41, 5.74) is 1.67. The number of ether oxygens (including phenoxy) is 1. The lowest BCUT2D eigenvalue weighted by Gasteiger charge is -2.22. The number of likely N-dealkylation sites (N-methyl/N-ethyl adjacent to an activating group) is 1. The first-order valence-corrected chi connectivity index (χ1v) is 8.41. The van der Waals surface area contributed by atoms with E-state index in [-0.39, 0.29) is 11.8 Å². The van der Waals surface area contributed by atoms with Gasteiger partial charge >= 0.3 is 6.36 Å². The molecule has 8 heteroatoms. The van der Waals surface area contributed by atoms with Crippen molar-refractivity contribution in [1.82, 2.24) is 5.32 Å². The lowest BCUT2D eigenvalue weighted by molar-refractivity contribution is -0.860. The zero-order valence-electron chi connectivity index (χ0n) is 14.4. The minimum atomic E-state index is -4.71. The van der Waals surface area contributed by atoms with Crippen LogP contribution in [0.3, 0.4) is 0 Å². The lowest BCUT2D eigenvalue weighted by atomic mass is 10.1. The van der Waals surface area contributed by atoms with Gasteiger partial charge in [0.25, 0.3) is 0 Å². The van der Waals surface area contributed by atoms with Gasteiger partial charge in [-0.05, 0) is 42.0 Å². The monoisotopic (exact) mass is 384 g/mol. The van der Waals surface area contributed by atoms with Crippen LogP contribution in [0.4, 0.5) is 18.9 Å². The molecule has 0 unspecified atom stereocenters. The van der Waals surface area contributed by atoms with Gasteiger partial charge in [0, 0.05) is 5.69 Å². The van der Waals surface area contributed by atoms with Crippen molar-refractivity contribution in [2.45, 2.75) is 12.4 Å². The zero-order valence-corrected chi connectivity index (χ0v) is 15.2. The van der Waals surface area contributed by atoms with E-state index in [1.165, 1.54) is 29.2 Å². The molecule has 0 bridgehead atoms. The first-order chi connectivity index (χ1) is 12.2. The van der Waals surface area contributed by atoms with Crippen LogP contribution in [-0.4, -0.2) is 32.1 Å². The highest BCUT2D eigenvalue weighted by Crippen LogP contribution is 2.24. The molecule has 4 nitrogen and oxygen atoms in total. The predicted molar refractivity (Wildman–Crippen MR) is 99.3 cm³/mol. The summed E-state index contributed by atoms with van der Waals surface area (Å²) >= 11 is 5.34. The fraction of sp³-hybridized carbons (Fsp3) is 0.278. The highest BCUT2D eigenvalue weighted by molar-refractivity contribution is 7.80.